The lowest BCUT2D eigenvalue weighted by atomic mass is 10.1. The molecule has 10 heteroatoms. The summed E-state index contributed by atoms with van der Waals surface area (Å²) in [5, 5.41) is 18.4. The van der Waals surface area contributed by atoms with Crippen LogP contribution in [0.1, 0.15) is 5.56 Å². The number of hydrogen-bond donors (Lipinski definition) is 2. The molecule has 0 fully saturated rings. The second kappa shape index (κ2) is 10.6. The number of carbonyl (C=O) groups is 2. The summed E-state index contributed by atoms with van der Waals surface area (Å²) in [6.07, 6.45) is 0. The lowest BCUT2D eigenvalue weighted by molar-refractivity contribution is -0.118. The number of anilines is 2. The van der Waals surface area contributed by atoms with Crippen LogP contribution in [0.25, 0.3) is 11.4 Å². The number of tetrazole rings is 1. The quantitative estimate of drug-likeness (QED) is 0.398. The Kier molecular flexibility index (Phi) is 7.14. The molecule has 9 nitrogen and oxygen atoms in total. The van der Waals surface area contributed by atoms with Crippen LogP contribution in [-0.4, -0.2) is 38.6 Å². The zero-order valence-electron chi connectivity index (χ0n) is 18.2. The highest BCUT2D eigenvalue weighted by molar-refractivity contribution is 6.30. The Bertz CT molecular complexity index is 1290. The second-order valence-corrected chi connectivity index (χ2v) is 7.83. The summed E-state index contributed by atoms with van der Waals surface area (Å²) in [4.78, 5) is 25.9. The highest BCUT2D eigenvalue weighted by atomic mass is 35.5. The van der Waals surface area contributed by atoms with E-state index in [4.69, 9.17) is 16.3 Å². The first kappa shape index (κ1) is 22.9. The van der Waals surface area contributed by atoms with E-state index in [1.54, 1.807) is 48.5 Å². The van der Waals surface area contributed by atoms with Crippen LogP contribution >= 0.6 is 11.6 Å². The lowest BCUT2D eigenvalue weighted by Crippen LogP contribution is -2.21. The van der Waals surface area contributed by atoms with E-state index in [1.807, 2.05) is 31.2 Å². The van der Waals surface area contributed by atoms with Gasteiger partial charge in [0.15, 0.2) is 6.61 Å². The molecule has 34 heavy (non-hydrogen) atoms. The van der Waals surface area contributed by atoms with Crippen molar-refractivity contribution >= 4 is 34.8 Å². The van der Waals surface area contributed by atoms with Gasteiger partial charge in [0.05, 0.1) is 5.69 Å². The minimum Gasteiger partial charge on any atom is -0.484 e. The summed E-state index contributed by atoms with van der Waals surface area (Å²) in [7, 11) is 0. The maximum Gasteiger partial charge on any atom is 0.262 e. The van der Waals surface area contributed by atoms with E-state index in [9.17, 15) is 9.59 Å². The molecule has 0 saturated heterocycles. The van der Waals surface area contributed by atoms with Gasteiger partial charge >= 0.3 is 0 Å². The van der Waals surface area contributed by atoms with Gasteiger partial charge in [-0.15, -0.1) is 10.2 Å². The van der Waals surface area contributed by atoms with Crippen molar-refractivity contribution < 1.29 is 14.3 Å². The van der Waals surface area contributed by atoms with Gasteiger partial charge in [-0.3, -0.25) is 9.59 Å². The number of ether oxygens (including phenoxy) is 1. The van der Waals surface area contributed by atoms with Crippen molar-refractivity contribution in [3.63, 3.8) is 0 Å². The predicted octanol–water partition coefficient (Wildman–Crippen LogP) is 3.96. The Morgan fingerprint density at radius 2 is 1.68 bits per heavy atom. The number of aromatic nitrogens is 4. The standard InChI is InChI=1S/C24H21ClN6O3/c1-16-6-10-18(11-7-16)26-22(32)14-31-29-24(28-30-31)20-4-2-3-5-21(20)27-23(33)15-34-19-12-8-17(25)9-13-19/h2-13H,14-15H2,1H3,(H,26,32)(H,27,33). The molecule has 2 amide bonds. The largest absolute Gasteiger partial charge is 0.484 e. The number of halogens is 1. The highest BCUT2D eigenvalue weighted by Crippen LogP contribution is 2.24. The van der Waals surface area contributed by atoms with Crippen molar-refractivity contribution in [3.05, 3.63) is 83.4 Å². The molecule has 2 N–H and O–H groups in total. The molecule has 0 aliphatic rings. The Balaban J connectivity index is 1.38. The number of benzene rings is 3. The molecule has 1 aromatic heterocycles. The van der Waals surface area contributed by atoms with Crippen molar-refractivity contribution in [2.45, 2.75) is 13.5 Å². The minimum absolute atomic E-state index is 0.107. The van der Waals surface area contributed by atoms with Crippen molar-refractivity contribution in [2.24, 2.45) is 0 Å². The van der Waals surface area contributed by atoms with Gasteiger partial charge in [0.25, 0.3) is 5.91 Å². The maximum atomic E-state index is 12.4. The normalized spacial score (nSPS) is 10.5. The predicted molar refractivity (Wildman–Crippen MR) is 129 cm³/mol. The van der Waals surface area contributed by atoms with E-state index in [1.165, 1.54) is 4.80 Å². The zero-order valence-corrected chi connectivity index (χ0v) is 19.0. The van der Waals surface area contributed by atoms with Gasteiger partial charge in [-0.25, -0.2) is 0 Å². The summed E-state index contributed by atoms with van der Waals surface area (Å²) < 4.78 is 5.48. The number of hydrogen-bond acceptors (Lipinski definition) is 6. The molecule has 3 aromatic carbocycles. The van der Waals surface area contributed by atoms with E-state index in [-0.39, 0.29) is 30.8 Å². The molecule has 4 aromatic rings. The van der Waals surface area contributed by atoms with Crippen LogP contribution in [0.3, 0.4) is 0 Å². The number of rotatable bonds is 8. The van der Waals surface area contributed by atoms with Crippen LogP contribution in [0.4, 0.5) is 11.4 Å². The minimum atomic E-state index is -0.354. The van der Waals surface area contributed by atoms with Gasteiger partial charge in [0.2, 0.25) is 11.7 Å². The third kappa shape index (κ3) is 6.17. The summed E-state index contributed by atoms with van der Waals surface area (Å²) >= 11 is 5.85. The molecule has 0 saturated carbocycles. The second-order valence-electron chi connectivity index (χ2n) is 7.39. The fourth-order valence-electron chi connectivity index (χ4n) is 3.04. The first-order valence-electron chi connectivity index (χ1n) is 10.4. The van der Waals surface area contributed by atoms with Gasteiger partial charge in [0.1, 0.15) is 12.3 Å². The van der Waals surface area contributed by atoms with E-state index in [2.05, 4.69) is 26.0 Å². The average molecular weight is 477 g/mol. The molecule has 0 unspecified atom stereocenters. The van der Waals surface area contributed by atoms with Crippen molar-refractivity contribution in [1.29, 1.82) is 0 Å². The van der Waals surface area contributed by atoms with Crippen LogP contribution in [0.5, 0.6) is 5.75 Å². The van der Waals surface area contributed by atoms with E-state index < -0.39 is 0 Å². The Morgan fingerprint density at radius 1 is 0.941 bits per heavy atom. The van der Waals surface area contributed by atoms with Gasteiger partial charge in [-0.2, -0.15) is 4.80 Å². The molecular formula is C24H21ClN6O3. The number of para-hydroxylation sites is 1. The molecule has 0 spiro atoms. The monoisotopic (exact) mass is 476 g/mol. The third-order valence-electron chi connectivity index (χ3n) is 4.70. The van der Waals surface area contributed by atoms with Crippen molar-refractivity contribution in [2.75, 3.05) is 17.2 Å². The first-order valence-corrected chi connectivity index (χ1v) is 10.8. The Morgan fingerprint density at radius 3 is 2.44 bits per heavy atom. The van der Waals surface area contributed by atoms with Gasteiger partial charge in [-0.1, -0.05) is 41.4 Å². The molecule has 172 valence electrons. The van der Waals surface area contributed by atoms with Crippen LogP contribution in [0.15, 0.2) is 72.8 Å². The topological polar surface area (TPSA) is 111 Å². The van der Waals surface area contributed by atoms with Gasteiger partial charge in [-0.05, 0) is 60.7 Å². The molecule has 0 aliphatic carbocycles. The van der Waals surface area contributed by atoms with Crippen LogP contribution in [0, 0.1) is 6.92 Å². The summed E-state index contributed by atoms with van der Waals surface area (Å²) in [6.45, 7) is 1.68. The average Bonchev–Trinajstić information content (AvgIpc) is 3.28. The first-order chi connectivity index (χ1) is 16.5. The Hall–Kier alpha value is -4.24. The molecular weight excluding hydrogens is 456 g/mol. The molecule has 1 heterocycles. The lowest BCUT2D eigenvalue weighted by Gasteiger charge is -2.10. The number of nitrogens with one attached hydrogen (secondary N) is 2. The smallest absolute Gasteiger partial charge is 0.262 e. The van der Waals surface area contributed by atoms with Crippen LogP contribution in [0.2, 0.25) is 5.02 Å². The van der Waals surface area contributed by atoms with Crippen molar-refractivity contribution in [3.8, 4) is 17.1 Å². The van der Waals surface area contributed by atoms with Crippen LogP contribution < -0.4 is 15.4 Å². The molecule has 0 bridgehead atoms. The fourth-order valence-corrected chi connectivity index (χ4v) is 3.16. The number of nitrogens with zero attached hydrogens (tertiary/aromatic N) is 4. The van der Waals surface area contributed by atoms with Crippen molar-refractivity contribution in [1.82, 2.24) is 20.2 Å². The summed E-state index contributed by atoms with van der Waals surface area (Å²) in [5.41, 5.74) is 2.84. The Labute approximate surface area is 200 Å². The molecule has 0 radical (unpaired) electrons. The molecule has 0 aliphatic heterocycles. The number of amides is 2. The van der Waals surface area contributed by atoms with E-state index in [0.29, 0.717) is 27.7 Å². The third-order valence-corrected chi connectivity index (χ3v) is 4.95. The van der Waals surface area contributed by atoms with E-state index in [0.717, 1.165) is 5.56 Å². The maximum absolute atomic E-state index is 12.4. The van der Waals surface area contributed by atoms with Gasteiger partial charge < -0.3 is 15.4 Å². The molecule has 4 rings (SSSR count). The SMILES string of the molecule is Cc1ccc(NC(=O)Cn2nnc(-c3ccccc3NC(=O)COc3ccc(Cl)cc3)n2)cc1. The zero-order chi connectivity index (χ0) is 23.9. The summed E-state index contributed by atoms with van der Waals surface area (Å²) in [5.74, 6) is 0.167. The molecule has 0 atom stereocenters. The summed E-state index contributed by atoms with van der Waals surface area (Å²) in [6, 6.07) is 21.2. The van der Waals surface area contributed by atoms with Crippen LogP contribution in [-0.2, 0) is 16.1 Å². The number of carbonyl (C=O) groups excluding carboxylic acids is 2. The van der Waals surface area contributed by atoms with Gasteiger partial charge in [0, 0.05) is 16.3 Å². The van der Waals surface area contributed by atoms with E-state index >= 15 is 0 Å². The fraction of sp³-hybridized carbons (Fsp3) is 0.125. The highest BCUT2D eigenvalue weighted by Gasteiger charge is 2.14. The number of aryl methyl sites for hydroxylation is 1.